The number of nitrogens with zero attached hydrogens (tertiary/aromatic N) is 1. The smallest absolute Gasteiger partial charge is 0.231 e. The lowest BCUT2D eigenvalue weighted by Gasteiger charge is -2.09. The van der Waals surface area contributed by atoms with Gasteiger partial charge in [-0.1, -0.05) is 13.3 Å². The third-order valence-electron chi connectivity index (χ3n) is 3.04. The molecular weight excluding hydrogens is 230 g/mol. The number of rotatable bonds is 3. The van der Waals surface area contributed by atoms with Crippen LogP contribution in [-0.2, 0) is 6.42 Å². The Balaban J connectivity index is 2.18. The van der Waals surface area contributed by atoms with Crippen molar-refractivity contribution >= 4 is 16.7 Å². The summed E-state index contributed by atoms with van der Waals surface area (Å²) in [6.45, 7) is 2.40. The Morgan fingerprint density at radius 2 is 2.06 bits per heavy atom. The molecule has 94 valence electrons. The van der Waals surface area contributed by atoms with Gasteiger partial charge in [0.1, 0.15) is 5.82 Å². The molecule has 5 heteroatoms. The summed E-state index contributed by atoms with van der Waals surface area (Å²) in [6, 6.07) is 5.95. The summed E-state index contributed by atoms with van der Waals surface area (Å²) >= 11 is 0. The molecule has 2 aromatic rings. The maximum absolute atomic E-state index is 5.52. The number of pyridine rings is 1. The van der Waals surface area contributed by atoms with E-state index in [-0.39, 0.29) is 6.79 Å². The van der Waals surface area contributed by atoms with Crippen LogP contribution in [0.4, 0.5) is 5.82 Å². The number of hydrogen-bond acceptors (Lipinski definition) is 5. The summed E-state index contributed by atoms with van der Waals surface area (Å²) in [4.78, 5) is 4.52. The van der Waals surface area contributed by atoms with Crippen LogP contribution in [-0.4, -0.2) is 11.8 Å². The lowest BCUT2D eigenvalue weighted by molar-refractivity contribution is 0.174. The topological polar surface area (TPSA) is 69.4 Å². The van der Waals surface area contributed by atoms with E-state index in [0.717, 1.165) is 46.6 Å². The average Bonchev–Trinajstić information content (AvgIpc) is 2.82. The monoisotopic (exact) mass is 245 g/mol. The Hall–Kier alpha value is -2.01. The molecule has 3 N–H and O–H groups in total. The average molecular weight is 245 g/mol. The fraction of sp³-hybridized carbons (Fsp3) is 0.308. The Labute approximate surface area is 105 Å². The maximum atomic E-state index is 5.52. The SMILES string of the molecule is CCCc1cc2cc3c(cc2nc1NN)OCO3. The highest BCUT2D eigenvalue weighted by Crippen LogP contribution is 2.36. The largest absolute Gasteiger partial charge is 0.454 e. The Morgan fingerprint density at radius 3 is 2.78 bits per heavy atom. The van der Waals surface area contributed by atoms with Crippen LogP contribution in [0.3, 0.4) is 0 Å². The molecule has 5 nitrogen and oxygen atoms in total. The van der Waals surface area contributed by atoms with Gasteiger partial charge < -0.3 is 14.9 Å². The Kier molecular flexibility index (Phi) is 2.68. The van der Waals surface area contributed by atoms with Crippen LogP contribution >= 0.6 is 0 Å². The zero-order valence-electron chi connectivity index (χ0n) is 10.2. The summed E-state index contributed by atoms with van der Waals surface area (Å²) in [5.41, 5.74) is 4.63. The van der Waals surface area contributed by atoms with Crippen LogP contribution in [0, 0.1) is 0 Å². The first-order valence-corrected chi connectivity index (χ1v) is 6.01. The molecule has 0 unspecified atom stereocenters. The van der Waals surface area contributed by atoms with Gasteiger partial charge in [-0.3, -0.25) is 0 Å². The Bertz CT molecular complexity index is 598. The van der Waals surface area contributed by atoms with Crippen molar-refractivity contribution in [2.45, 2.75) is 19.8 Å². The lowest BCUT2D eigenvalue weighted by Crippen LogP contribution is -2.11. The van der Waals surface area contributed by atoms with Crippen molar-refractivity contribution in [3.05, 3.63) is 23.8 Å². The Morgan fingerprint density at radius 1 is 1.28 bits per heavy atom. The van der Waals surface area contributed by atoms with Crippen molar-refractivity contribution in [2.24, 2.45) is 5.84 Å². The minimum Gasteiger partial charge on any atom is -0.454 e. The minimum absolute atomic E-state index is 0.273. The first kappa shape index (κ1) is 11.1. The van der Waals surface area contributed by atoms with Gasteiger partial charge in [-0.25, -0.2) is 10.8 Å². The quantitative estimate of drug-likeness (QED) is 0.641. The number of ether oxygens (including phenoxy) is 2. The summed E-state index contributed by atoms with van der Waals surface area (Å²) in [7, 11) is 0. The van der Waals surface area contributed by atoms with E-state index in [2.05, 4.69) is 23.4 Å². The van der Waals surface area contributed by atoms with Gasteiger partial charge in [0.2, 0.25) is 6.79 Å². The second kappa shape index (κ2) is 4.34. The predicted octanol–water partition coefficient (Wildman–Crippen LogP) is 2.20. The lowest BCUT2D eigenvalue weighted by atomic mass is 10.1. The number of fused-ring (bicyclic) bond motifs is 2. The van der Waals surface area contributed by atoms with E-state index in [1.165, 1.54) is 0 Å². The number of hydrazine groups is 1. The van der Waals surface area contributed by atoms with Crippen LogP contribution in [0.5, 0.6) is 11.5 Å². The van der Waals surface area contributed by atoms with E-state index >= 15 is 0 Å². The van der Waals surface area contributed by atoms with E-state index in [4.69, 9.17) is 15.3 Å². The molecular formula is C13H15N3O2. The van der Waals surface area contributed by atoms with Crippen molar-refractivity contribution in [1.82, 2.24) is 4.98 Å². The molecule has 0 fully saturated rings. The molecule has 0 aliphatic carbocycles. The molecule has 1 aliphatic heterocycles. The third-order valence-corrected chi connectivity index (χ3v) is 3.04. The first-order chi connectivity index (χ1) is 8.81. The van der Waals surface area contributed by atoms with Gasteiger partial charge >= 0.3 is 0 Å². The van der Waals surface area contributed by atoms with Crippen molar-refractivity contribution in [3.63, 3.8) is 0 Å². The van der Waals surface area contributed by atoms with Gasteiger partial charge in [0.05, 0.1) is 5.52 Å². The molecule has 0 bridgehead atoms. The second-order valence-corrected chi connectivity index (χ2v) is 4.29. The van der Waals surface area contributed by atoms with Gasteiger partial charge in [0.15, 0.2) is 11.5 Å². The molecule has 0 atom stereocenters. The number of nitrogen functional groups attached to an aromatic ring is 1. The van der Waals surface area contributed by atoms with Crippen molar-refractivity contribution in [3.8, 4) is 11.5 Å². The summed E-state index contributed by atoms with van der Waals surface area (Å²) in [5.74, 6) is 7.76. The number of benzene rings is 1. The van der Waals surface area contributed by atoms with Crippen LogP contribution in [0.15, 0.2) is 18.2 Å². The van der Waals surface area contributed by atoms with Gasteiger partial charge in [-0.05, 0) is 24.1 Å². The maximum Gasteiger partial charge on any atom is 0.231 e. The molecule has 1 aromatic carbocycles. The molecule has 0 spiro atoms. The normalized spacial score (nSPS) is 13.0. The highest BCUT2D eigenvalue weighted by Gasteiger charge is 2.16. The highest BCUT2D eigenvalue weighted by molar-refractivity contribution is 5.85. The minimum atomic E-state index is 0.273. The van der Waals surface area contributed by atoms with Gasteiger partial charge in [-0.2, -0.15) is 0 Å². The molecule has 0 saturated heterocycles. The standard InChI is InChI=1S/C13H15N3O2/c1-2-3-8-4-9-5-11-12(18-7-17-11)6-10(9)15-13(8)16-14/h4-6H,2-3,7,14H2,1H3,(H,15,16). The fourth-order valence-electron chi connectivity index (χ4n) is 2.19. The number of aromatic nitrogens is 1. The van der Waals surface area contributed by atoms with E-state index < -0.39 is 0 Å². The fourth-order valence-corrected chi connectivity index (χ4v) is 2.19. The van der Waals surface area contributed by atoms with E-state index in [0.29, 0.717) is 0 Å². The van der Waals surface area contributed by atoms with E-state index in [1.54, 1.807) is 0 Å². The zero-order valence-corrected chi connectivity index (χ0v) is 10.2. The van der Waals surface area contributed by atoms with Gasteiger partial charge in [0.25, 0.3) is 0 Å². The number of hydrogen-bond donors (Lipinski definition) is 2. The van der Waals surface area contributed by atoms with E-state index in [9.17, 15) is 0 Å². The summed E-state index contributed by atoms with van der Waals surface area (Å²) < 4.78 is 10.7. The van der Waals surface area contributed by atoms with Crippen molar-refractivity contribution in [2.75, 3.05) is 12.2 Å². The van der Waals surface area contributed by atoms with Gasteiger partial charge in [0, 0.05) is 11.5 Å². The molecule has 0 saturated carbocycles. The van der Waals surface area contributed by atoms with Crippen LogP contribution in [0.2, 0.25) is 0 Å². The van der Waals surface area contributed by atoms with Crippen LogP contribution in [0.25, 0.3) is 10.9 Å². The number of anilines is 1. The molecule has 1 aliphatic rings. The number of nitrogens with two attached hydrogens (primary N) is 1. The number of nitrogens with one attached hydrogen (secondary N) is 1. The molecule has 3 rings (SSSR count). The molecule has 2 heterocycles. The number of aryl methyl sites for hydroxylation is 1. The second-order valence-electron chi connectivity index (χ2n) is 4.29. The molecule has 0 radical (unpaired) electrons. The van der Waals surface area contributed by atoms with E-state index in [1.807, 2.05) is 12.1 Å². The van der Waals surface area contributed by atoms with Crippen LogP contribution in [0.1, 0.15) is 18.9 Å². The van der Waals surface area contributed by atoms with Crippen LogP contribution < -0.4 is 20.7 Å². The third kappa shape index (κ3) is 1.73. The molecule has 1 aromatic heterocycles. The van der Waals surface area contributed by atoms with Crippen molar-refractivity contribution in [1.29, 1.82) is 0 Å². The predicted molar refractivity (Wildman–Crippen MR) is 69.7 cm³/mol. The summed E-state index contributed by atoms with van der Waals surface area (Å²) in [6.07, 6.45) is 1.99. The van der Waals surface area contributed by atoms with Crippen molar-refractivity contribution < 1.29 is 9.47 Å². The zero-order chi connectivity index (χ0) is 12.5. The first-order valence-electron chi connectivity index (χ1n) is 6.01. The molecule has 0 amide bonds. The van der Waals surface area contributed by atoms with Gasteiger partial charge in [-0.15, -0.1) is 0 Å². The molecule has 18 heavy (non-hydrogen) atoms. The summed E-state index contributed by atoms with van der Waals surface area (Å²) in [5, 5.41) is 1.04. The highest BCUT2D eigenvalue weighted by atomic mass is 16.7.